The van der Waals surface area contributed by atoms with E-state index in [2.05, 4.69) is 6.92 Å². The van der Waals surface area contributed by atoms with Gasteiger partial charge in [-0.2, -0.15) is 0 Å². The van der Waals surface area contributed by atoms with E-state index in [0.717, 1.165) is 18.3 Å². The molecule has 6 rings (SSSR count). The minimum absolute atomic E-state index is 0.0261. The van der Waals surface area contributed by atoms with Crippen molar-refractivity contribution in [3.8, 4) is 0 Å². The van der Waals surface area contributed by atoms with Crippen molar-refractivity contribution in [3.63, 3.8) is 0 Å². The largest absolute Gasteiger partial charge is 0.458 e. The normalized spacial score (nSPS) is 55.2. The number of cyclic esters (lactones) is 1. The summed E-state index contributed by atoms with van der Waals surface area (Å²) in [5.74, 6) is -0.723. The molecule has 0 aromatic rings. The predicted molar refractivity (Wildman–Crippen MR) is 131 cm³/mol. The summed E-state index contributed by atoms with van der Waals surface area (Å²) in [7, 11) is 0. The van der Waals surface area contributed by atoms with Gasteiger partial charge in [-0.25, -0.2) is 4.79 Å². The zero-order chi connectivity index (χ0) is 28.0. The third kappa shape index (κ3) is 3.77. The first-order valence-corrected chi connectivity index (χ1v) is 14.2. The third-order valence-electron chi connectivity index (χ3n) is 11.7. The number of hydrogen-bond acceptors (Lipinski definition) is 11. The Bertz CT molecular complexity index is 1050. The Kier molecular flexibility index (Phi) is 6.60. The average Bonchev–Trinajstić information content (AvgIpc) is 3.45. The highest BCUT2D eigenvalue weighted by Gasteiger charge is 2.71. The monoisotopic (exact) mass is 552 g/mol. The first-order valence-electron chi connectivity index (χ1n) is 14.2. The molecule has 5 fully saturated rings. The van der Waals surface area contributed by atoms with E-state index in [1.165, 1.54) is 0 Å². The summed E-state index contributed by atoms with van der Waals surface area (Å²) in [5.41, 5.74) is -3.04. The first kappa shape index (κ1) is 27.7. The second kappa shape index (κ2) is 9.29. The Hall–Kier alpha value is -1.44. The van der Waals surface area contributed by atoms with Gasteiger partial charge >= 0.3 is 5.97 Å². The fraction of sp³-hybridized carbons (Fsp3) is 0.857. The smallest absolute Gasteiger partial charge is 0.331 e. The number of rotatable bonds is 4. The Balaban J connectivity index is 1.22. The number of aldehydes is 1. The van der Waals surface area contributed by atoms with Gasteiger partial charge in [0.1, 0.15) is 31.2 Å². The number of aliphatic hydroxyl groups is 6. The maximum Gasteiger partial charge on any atom is 0.331 e. The summed E-state index contributed by atoms with van der Waals surface area (Å²) in [4.78, 5) is 24.7. The molecule has 0 unspecified atom stereocenters. The van der Waals surface area contributed by atoms with Crippen LogP contribution >= 0.6 is 0 Å². The molecule has 2 heterocycles. The van der Waals surface area contributed by atoms with Crippen LogP contribution in [0.3, 0.4) is 0 Å². The van der Waals surface area contributed by atoms with Gasteiger partial charge in [0.2, 0.25) is 0 Å². The fourth-order valence-electron chi connectivity index (χ4n) is 9.57. The summed E-state index contributed by atoms with van der Waals surface area (Å²) in [5, 5.41) is 64.3. The second-order valence-corrected chi connectivity index (χ2v) is 13.1. The zero-order valence-corrected chi connectivity index (χ0v) is 22.1. The van der Waals surface area contributed by atoms with Gasteiger partial charge in [0.05, 0.1) is 22.7 Å². The van der Waals surface area contributed by atoms with E-state index < -0.39 is 59.0 Å². The van der Waals surface area contributed by atoms with Gasteiger partial charge in [-0.3, -0.25) is 0 Å². The maximum absolute atomic E-state index is 12.9. The number of carbonyl (C=O) groups excluding carboxylic acids is 2. The molecule has 11 heteroatoms. The number of aliphatic hydroxyl groups excluding tert-OH is 4. The number of esters is 1. The van der Waals surface area contributed by atoms with Gasteiger partial charge in [0, 0.05) is 17.9 Å². The molecule has 39 heavy (non-hydrogen) atoms. The van der Waals surface area contributed by atoms with Gasteiger partial charge < -0.3 is 49.6 Å². The van der Waals surface area contributed by atoms with Crippen LogP contribution < -0.4 is 0 Å². The molecular formula is C28H40O11. The predicted octanol–water partition coefficient (Wildman–Crippen LogP) is -0.320. The molecule has 0 aromatic heterocycles. The van der Waals surface area contributed by atoms with Crippen LogP contribution in [0.2, 0.25) is 0 Å². The summed E-state index contributed by atoms with van der Waals surface area (Å²) in [6, 6.07) is 0. The SMILES string of the molecule is C[C@]12CC[C@H]3[C@@H](CC[C@]4(O)C[C@@H](O[C@@H]5O[C@@H](O)[C@H](O)[C@@H](O)[C@H]5O)CC[C@]34C=O)[C@@]1(O)CC[C@@H]2C1=CC(=O)OC1. The molecule has 13 atom stereocenters. The first-order chi connectivity index (χ1) is 18.4. The van der Waals surface area contributed by atoms with Crippen LogP contribution in [0, 0.1) is 28.6 Å². The zero-order valence-electron chi connectivity index (χ0n) is 22.1. The van der Waals surface area contributed by atoms with Crippen LogP contribution in [0.15, 0.2) is 11.6 Å². The van der Waals surface area contributed by atoms with Crippen molar-refractivity contribution in [3.05, 3.63) is 11.6 Å². The van der Waals surface area contributed by atoms with Crippen molar-refractivity contribution in [2.24, 2.45) is 28.6 Å². The average molecular weight is 553 g/mol. The lowest BCUT2D eigenvalue weighted by atomic mass is 9.41. The lowest BCUT2D eigenvalue weighted by Crippen LogP contribution is -2.69. The Morgan fingerprint density at radius 1 is 0.949 bits per heavy atom. The van der Waals surface area contributed by atoms with E-state index in [1.54, 1.807) is 6.08 Å². The Labute approximate surface area is 226 Å². The molecule has 11 nitrogen and oxygen atoms in total. The Morgan fingerprint density at radius 3 is 2.38 bits per heavy atom. The van der Waals surface area contributed by atoms with Gasteiger partial charge in [0.25, 0.3) is 0 Å². The fourth-order valence-corrected chi connectivity index (χ4v) is 9.57. The van der Waals surface area contributed by atoms with Gasteiger partial charge in [-0.15, -0.1) is 0 Å². The topological polar surface area (TPSA) is 183 Å². The van der Waals surface area contributed by atoms with Crippen molar-refractivity contribution in [1.29, 1.82) is 0 Å². The molecule has 6 aliphatic rings. The second-order valence-electron chi connectivity index (χ2n) is 13.1. The van der Waals surface area contributed by atoms with E-state index in [1.807, 2.05) is 0 Å². The maximum atomic E-state index is 12.9. The summed E-state index contributed by atoms with van der Waals surface area (Å²) >= 11 is 0. The number of hydrogen-bond donors (Lipinski definition) is 6. The van der Waals surface area contributed by atoms with Crippen LogP contribution in [0.4, 0.5) is 0 Å². The van der Waals surface area contributed by atoms with Crippen molar-refractivity contribution >= 4 is 12.3 Å². The van der Waals surface area contributed by atoms with Crippen LogP contribution in [0.5, 0.6) is 0 Å². The molecule has 0 amide bonds. The van der Waals surface area contributed by atoms with Crippen molar-refractivity contribution in [2.45, 2.75) is 113 Å². The summed E-state index contributed by atoms with van der Waals surface area (Å²) in [6.07, 6.45) is -2.00. The number of ether oxygens (including phenoxy) is 3. The van der Waals surface area contributed by atoms with Crippen molar-refractivity contribution in [1.82, 2.24) is 0 Å². The number of fused-ring (bicyclic) bond motifs is 5. The van der Waals surface area contributed by atoms with E-state index in [4.69, 9.17) is 14.2 Å². The molecule has 1 saturated heterocycles. The van der Waals surface area contributed by atoms with Crippen LogP contribution in [-0.2, 0) is 23.8 Å². The molecular weight excluding hydrogens is 512 g/mol. The van der Waals surface area contributed by atoms with E-state index in [0.29, 0.717) is 38.5 Å². The van der Waals surface area contributed by atoms with E-state index in [-0.39, 0.29) is 43.2 Å². The van der Waals surface area contributed by atoms with Crippen LogP contribution in [0.25, 0.3) is 0 Å². The molecule has 2 aliphatic heterocycles. The third-order valence-corrected chi connectivity index (χ3v) is 11.7. The van der Waals surface area contributed by atoms with E-state index >= 15 is 0 Å². The minimum Gasteiger partial charge on any atom is -0.458 e. The molecule has 6 N–H and O–H groups in total. The standard InChI is InChI=1S/C28H40O11/c1-25-6-3-17-18(28(25,36)9-5-16(25)14-10-19(30)37-12-14)4-8-27(35)11-15(2-7-26(17,27)13-29)38-24-22(33)20(31)21(32)23(34)39-24/h10,13,15-18,20-24,31-36H,2-9,11-12H2,1H3/t15-,16+,17-,18+,20+,21+,22+,23+,24+,25+,26-,27-,28-/m0/s1. The molecule has 0 bridgehead atoms. The molecule has 218 valence electrons. The summed E-state index contributed by atoms with van der Waals surface area (Å²) in [6.45, 7) is 2.36. The molecule has 0 radical (unpaired) electrons. The Morgan fingerprint density at radius 2 is 1.69 bits per heavy atom. The summed E-state index contributed by atoms with van der Waals surface area (Å²) < 4.78 is 16.2. The van der Waals surface area contributed by atoms with Crippen molar-refractivity contribution < 1.29 is 54.4 Å². The molecule has 0 spiro atoms. The molecule has 4 aliphatic carbocycles. The van der Waals surface area contributed by atoms with Gasteiger partial charge in [-0.05, 0) is 74.7 Å². The highest BCUT2D eigenvalue weighted by Crippen LogP contribution is 2.70. The van der Waals surface area contributed by atoms with Crippen LogP contribution in [-0.4, -0.2) is 97.7 Å². The highest BCUT2D eigenvalue weighted by atomic mass is 16.7. The van der Waals surface area contributed by atoms with Gasteiger partial charge in [0.15, 0.2) is 12.6 Å². The molecule has 0 aromatic carbocycles. The van der Waals surface area contributed by atoms with Gasteiger partial charge in [-0.1, -0.05) is 6.92 Å². The van der Waals surface area contributed by atoms with Crippen LogP contribution in [0.1, 0.15) is 64.7 Å². The lowest BCUT2D eigenvalue weighted by Gasteiger charge is -2.65. The van der Waals surface area contributed by atoms with Crippen molar-refractivity contribution in [2.75, 3.05) is 6.61 Å². The quantitative estimate of drug-likeness (QED) is 0.153. The van der Waals surface area contributed by atoms with E-state index in [9.17, 15) is 40.2 Å². The minimum atomic E-state index is -1.73. The molecule has 4 saturated carbocycles. The number of carbonyl (C=O) groups is 2. The highest BCUT2D eigenvalue weighted by molar-refractivity contribution is 5.85. The lowest BCUT2D eigenvalue weighted by molar-refractivity contribution is -0.354.